The Morgan fingerprint density at radius 2 is 2.22 bits per heavy atom. The molecule has 0 fully saturated rings. The van der Waals surface area contributed by atoms with Gasteiger partial charge in [-0.3, -0.25) is 0 Å². The number of hydrogen-bond acceptors (Lipinski definition) is 3. The largest absolute Gasteiger partial charge is 0.490 e. The first kappa shape index (κ1) is 12.6. The van der Waals surface area contributed by atoms with Gasteiger partial charge in [0.1, 0.15) is 11.5 Å². The summed E-state index contributed by atoms with van der Waals surface area (Å²) in [4.78, 5) is 0. The van der Waals surface area contributed by atoms with Gasteiger partial charge in [-0.1, -0.05) is 12.1 Å². The molecule has 4 nitrogen and oxygen atoms in total. The van der Waals surface area contributed by atoms with Crippen molar-refractivity contribution < 1.29 is 9.13 Å². The lowest BCUT2D eigenvalue weighted by atomic mass is 10.3. The van der Waals surface area contributed by atoms with Crippen molar-refractivity contribution >= 4 is 0 Å². The molecule has 0 atom stereocenters. The van der Waals surface area contributed by atoms with Crippen LogP contribution in [0.1, 0.15) is 6.42 Å². The molecule has 0 spiro atoms. The number of para-hydroxylation sites is 1. The number of benzene rings is 1. The number of ether oxygens (including phenoxy) is 1. The zero-order chi connectivity index (χ0) is 12.8. The van der Waals surface area contributed by atoms with Crippen molar-refractivity contribution in [2.75, 3.05) is 20.2 Å². The lowest BCUT2D eigenvalue weighted by Crippen LogP contribution is -2.11. The number of hydrogen-bond donors (Lipinski definition) is 1. The van der Waals surface area contributed by atoms with Crippen LogP contribution in [0.15, 0.2) is 36.7 Å². The zero-order valence-corrected chi connectivity index (χ0v) is 10.3. The molecular formula is C13H16FN3O. The smallest absolute Gasteiger partial charge is 0.157 e. The third-order valence-electron chi connectivity index (χ3n) is 2.50. The van der Waals surface area contributed by atoms with E-state index in [0.717, 1.165) is 13.0 Å². The normalized spacial score (nSPS) is 10.6. The highest BCUT2D eigenvalue weighted by Crippen LogP contribution is 2.16. The van der Waals surface area contributed by atoms with Crippen LogP contribution in [-0.2, 0) is 0 Å². The number of nitrogens with zero attached hydrogens (tertiary/aromatic N) is 2. The van der Waals surface area contributed by atoms with Crippen LogP contribution in [-0.4, -0.2) is 30.0 Å². The van der Waals surface area contributed by atoms with Gasteiger partial charge >= 0.3 is 0 Å². The van der Waals surface area contributed by atoms with E-state index in [1.54, 1.807) is 30.6 Å². The summed E-state index contributed by atoms with van der Waals surface area (Å²) in [7, 11) is 1.90. The maximum absolute atomic E-state index is 13.5. The van der Waals surface area contributed by atoms with Crippen LogP contribution in [0.5, 0.6) is 5.75 Å². The van der Waals surface area contributed by atoms with E-state index < -0.39 is 0 Å². The molecule has 0 amide bonds. The van der Waals surface area contributed by atoms with E-state index in [0.29, 0.717) is 18.0 Å². The van der Waals surface area contributed by atoms with Crippen LogP contribution in [0, 0.1) is 5.82 Å². The molecule has 0 aliphatic carbocycles. The average Bonchev–Trinajstić information content (AvgIpc) is 2.84. The van der Waals surface area contributed by atoms with E-state index in [-0.39, 0.29) is 5.82 Å². The lowest BCUT2D eigenvalue weighted by molar-refractivity contribution is 0.309. The van der Waals surface area contributed by atoms with Crippen LogP contribution in [0.2, 0.25) is 0 Å². The van der Waals surface area contributed by atoms with Gasteiger partial charge in [-0.25, -0.2) is 9.07 Å². The zero-order valence-electron chi connectivity index (χ0n) is 10.3. The maximum atomic E-state index is 13.5. The molecule has 96 valence electrons. The fourth-order valence-electron chi connectivity index (χ4n) is 1.59. The first-order valence-corrected chi connectivity index (χ1v) is 5.88. The molecule has 5 heteroatoms. The third-order valence-corrected chi connectivity index (χ3v) is 2.50. The fourth-order valence-corrected chi connectivity index (χ4v) is 1.59. The van der Waals surface area contributed by atoms with Crippen LogP contribution in [0.4, 0.5) is 4.39 Å². The lowest BCUT2D eigenvalue weighted by Gasteiger charge is -2.03. The fraction of sp³-hybridized carbons (Fsp3) is 0.308. The monoisotopic (exact) mass is 249 g/mol. The van der Waals surface area contributed by atoms with Crippen molar-refractivity contribution in [3.63, 3.8) is 0 Å². The quantitative estimate of drug-likeness (QED) is 0.796. The Kier molecular flexibility index (Phi) is 4.30. The van der Waals surface area contributed by atoms with Gasteiger partial charge in [0.2, 0.25) is 0 Å². The topological polar surface area (TPSA) is 39.1 Å². The van der Waals surface area contributed by atoms with Gasteiger partial charge in [-0.15, -0.1) is 0 Å². The minimum absolute atomic E-state index is 0.303. The van der Waals surface area contributed by atoms with E-state index >= 15 is 0 Å². The van der Waals surface area contributed by atoms with Gasteiger partial charge in [0, 0.05) is 0 Å². The first-order valence-electron chi connectivity index (χ1n) is 5.88. The molecular weight excluding hydrogens is 233 g/mol. The second-order valence-electron chi connectivity index (χ2n) is 3.88. The molecule has 2 rings (SSSR count). The Morgan fingerprint density at radius 3 is 3.00 bits per heavy atom. The molecule has 0 aliphatic heterocycles. The number of rotatable bonds is 6. The second-order valence-corrected chi connectivity index (χ2v) is 3.88. The summed E-state index contributed by atoms with van der Waals surface area (Å²) >= 11 is 0. The molecule has 18 heavy (non-hydrogen) atoms. The van der Waals surface area contributed by atoms with Crippen molar-refractivity contribution in [1.29, 1.82) is 0 Å². The number of nitrogens with one attached hydrogen (secondary N) is 1. The summed E-state index contributed by atoms with van der Waals surface area (Å²) in [6.45, 7) is 1.52. The summed E-state index contributed by atoms with van der Waals surface area (Å²) in [5.74, 6) is 0.344. The molecule has 0 aliphatic rings. The van der Waals surface area contributed by atoms with Crippen molar-refractivity contribution in [3.8, 4) is 11.4 Å². The van der Waals surface area contributed by atoms with Gasteiger partial charge in [-0.2, -0.15) is 5.10 Å². The predicted octanol–water partition coefficient (Wildman–Crippen LogP) is 2.00. The van der Waals surface area contributed by atoms with E-state index in [2.05, 4.69) is 10.4 Å². The van der Waals surface area contributed by atoms with E-state index in [4.69, 9.17) is 4.74 Å². The number of aromatic nitrogens is 2. The van der Waals surface area contributed by atoms with Crippen molar-refractivity contribution in [1.82, 2.24) is 15.1 Å². The molecule has 1 N–H and O–H groups in total. The Hall–Kier alpha value is -1.88. The van der Waals surface area contributed by atoms with Gasteiger partial charge in [-0.05, 0) is 32.1 Å². The van der Waals surface area contributed by atoms with Crippen LogP contribution >= 0.6 is 0 Å². The Labute approximate surface area is 105 Å². The van der Waals surface area contributed by atoms with E-state index in [9.17, 15) is 4.39 Å². The van der Waals surface area contributed by atoms with Gasteiger partial charge in [0.15, 0.2) is 5.75 Å². The summed E-state index contributed by atoms with van der Waals surface area (Å²) < 4.78 is 20.5. The van der Waals surface area contributed by atoms with Crippen molar-refractivity contribution in [2.24, 2.45) is 0 Å². The van der Waals surface area contributed by atoms with E-state index in [1.165, 1.54) is 10.7 Å². The summed E-state index contributed by atoms with van der Waals surface area (Å²) in [6.07, 6.45) is 4.19. The predicted molar refractivity (Wildman–Crippen MR) is 67.6 cm³/mol. The minimum Gasteiger partial charge on any atom is -0.490 e. The first-order chi connectivity index (χ1) is 8.81. The molecule has 2 aromatic rings. The highest BCUT2D eigenvalue weighted by Gasteiger charge is 2.05. The van der Waals surface area contributed by atoms with Crippen LogP contribution in [0.25, 0.3) is 5.69 Å². The average molecular weight is 249 g/mol. The number of halogens is 1. The molecule has 0 saturated carbocycles. The highest BCUT2D eigenvalue weighted by atomic mass is 19.1. The SMILES string of the molecule is CNCCCOc1cnn(-c2ccccc2F)c1. The molecule has 0 bridgehead atoms. The molecule has 1 aromatic carbocycles. The Bertz CT molecular complexity index is 498. The highest BCUT2D eigenvalue weighted by molar-refractivity contribution is 5.33. The molecule has 0 unspecified atom stereocenters. The van der Waals surface area contributed by atoms with E-state index in [1.807, 2.05) is 7.05 Å². The van der Waals surface area contributed by atoms with Crippen LogP contribution < -0.4 is 10.1 Å². The summed E-state index contributed by atoms with van der Waals surface area (Å²) in [5, 5.41) is 7.12. The van der Waals surface area contributed by atoms with Gasteiger partial charge in [0.05, 0.1) is 19.0 Å². The molecule has 1 aromatic heterocycles. The van der Waals surface area contributed by atoms with Crippen LogP contribution in [0.3, 0.4) is 0 Å². The minimum atomic E-state index is -0.303. The second kappa shape index (κ2) is 6.16. The van der Waals surface area contributed by atoms with Crippen molar-refractivity contribution in [3.05, 3.63) is 42.5 Å². The summed E-state index contributed by atoms with van der Waals surface area (Å²) in [6, 6.07) is 6.50. The Balaban J connectivity index is 2.00. The maximum Gasteiger partial charge on any atom is 0.157 e. The Morgan fingerprint density at radius 1 is 1.39 bits per heavy atom. The standard InChI is InChI=1S/C13H16FN3O/c1-15-7-4-8-18-11-9-16-17(10-11)13-6-3-2-5-12(13)14/h2-3,5-6,9-10,15H,4,7-8H2,1H3. The third kappa shape index (κ3) is 3.07. The van der Waals surface area contributed by atoms with Gasteiger partial charge < -0.3 is 10.1 Å². The van der Waals surface area contributed by atoms with Crippen molar-refractivity contribution in [2.45, 2.75) is 6.42 Å². The van der Waals surface area contributed by atoms with Gasteiger partial charge in [0.25, 0.3) is 0 Å². The molecule has 0 saturated heterocycles. The molecule has 0 radical (unpaired) electrons. The molecule has 1 heterocycles. The summed E-state index contributed by atoms with van der Waals surface area (Å²) in [5.41, 5.74) is 0.419.